The molecule has 3 nitrogen and oxygen atoms in total. The van der Waals surface area contributed by atoms with Gasteiger partial charge in [-0.25, -0.2) is 14.4 Å². The van der Waals surface area contributed by atoms with E-state index in [1.807, 2.05) is 31.2 Å². The number of hydrogen-bond acceptors (Lipinski definition) is 3. The molecule has 1 aromatic carbocycles. The van der Waals surface area contributed by atoms with Crippen LogP contribution in [0.5, 0.6) is 0 Å². The van der Waals surface area contributed by atoms with Crippen molar-refractivity contribution >= 4 is 0 Å². The summed E-state index contributed by atoms with van der Waals surface area (Å²) in [5.74, 6) is -0.393. The molecule has 0 aliphatic carbocycles. The molecule has 2 N–H and O–H groups in total. The third-order valence-corrected chi connectivity index (χ3v) is 2.62. The van der Waals surface area contributed by atoms with Crippen molar-refractivity contribution in [3.05, 3.63) is 58.9 Å². The second-order valence-corrected chi connectivity index (χ2v) is 3.95. The van der Waals surface area contributed by atoms with Crippen LogP contribution in [0.25, 0.3) is 0 Å². The van der Waals surface area contributed by atoms with E-state index in [0.717, 1.165) is 5.56 Å². The number of halogens is 1. The van der Waals surface area contributed by atoms with Gasteiger partial charge in [0, 0.05) is 13.0 Å². The molecule has 1 aromatic heterocycles. The highest BCUT2D eigenvalue weighted by Crippen LogP contribution is 2.13. The normalized spacial score (nSPS) is 10.5. The second-order valence-electron chi connectivity index (χ2n) is 3.95. The SMILES string of the molecule is Cc1ccc(Cc2ncnc(CN)c2F)cc1. The van der Waals surface area contributed by atoms with Crippen LogP contribution in [0, 0.1) is 12.7 Å². The quantitative estimate of drug-likeness (QED) is 0.878. The number of aryl methyl sites for hydroxylation is 1. The highest BCUT2D eigenvalue weighted by molar-refractivity contribution is 5.26. The molecule has 88 valence electrons. The minimum Gasteiger partial charge on any atom is -0.325 e. The molecular formula is C13H14FN3. The molecule has 0 spiro atoms. The Morgan fingerprint density at radius 1 is 1.12 bits per heavy atom. The van der Waals surface area contributed by atoms with Crippen LogP contribution in [0.3, 0.4) is 0 Å². The standard InChI is InChI=1S/C13H14FN3/c1-9-2-4-10(5-3-9)6-11-13(14)12(7-15)17-8-16-11/h2-5,8H,6-7,15H2,1H3. The van der Waals surface area contributed by atoms with Gasteiger partial charge in [0.05, 0.1) is 11.4 Å². The van der Waals surface area contributed by atoms with Crippen molar-refractivity contribution in [3.8, 4) is 0 Å². The number of nitrogens with two attached hydrogens (primary N) is 1. The Hall–Kier alpha value is -1.81. The monoisotopic (exact) mass is 231 g/mol. The van der Waals surface area contributed by atoms with E-state index in [-0.39, 0.29) is 12.2 Å². The summed E-state index contributed by atoms with van der Waals surface area (Å²) >= 11 is 0. The third-order valence-electron chi connectivity index (χ3n) is 2.62. The zero-order chi connectivity index (χ0) is 12.3. The average molecular weight is 231 g/mol. The van der Waals surface area contributed by atoms with E-state index >= 15 is 0 Å². The third kappa shape index (κ3) is 2.65. The minimum absolute atomic E-state index is 0.0925. The molecule has 0 fully saturated rings. The summed E-state index contributed by atoms with van der Waals surface area (Å²) < 4.78 is 13.8. The number of nitrogens with zero attached hydrogens (tertiary/aromatic N) is 2. The molecular weight excluding hydrogens is 217 g/mol. The van der Waals surface area contributed by atoms with E-state index in [1.165, 1.54) is 11.9 Å². The molecule has 17 heavy (non-hydrogen) atoms. The predicted octanol–water partition coefficient (Wildman–Crippen LogP) is 1.97. The lowest BCUT2D eigenvalue weighted by molar-refractivity contribution is 0.574. The zero-order valence-corrected chi connectivity index (χ0v) is 9.65. The van der Waals surface area contributed by atoms with Crippen LogP contribution < -0.4 is 5.73 Å². The van der Waals surface area contributed by atoms with Crippen molar-refractivity contribution in [2.24, 2.45) is 5.73 Å². The van der Waals surface area contributed by atoms with Gasteiger partial charge in [-0.1, -0.05) is 29.8 Å². The predicted molar refractivity (Wildman–Crippen MR) is 63.9 cm³/mol. The first kappa shape index (κ1) is 11.7. The lowest BCUT2D eigenvalue weighted by Crippen LogP contribution is -2.08. The Balaban J connectivity index is 2.27. The molecule has 0 amide bonds. The lowest BCUT2D eigenvalue weighted by atomic mass is 10.1. The second kappa shape index (κ2) is 5.01. The fraction of sp³-hybridized carbons (Fsp3) is 0.231. The van der Waals surface area contributed by atoms with Crippen LogP contribution in [0.15, 0.2) is 30.6 Å². The van der Waals surface area contributed by atoms with Crippen molar-refractivity contribution in [3.63, 3.8) is 0 Å². The molecule has 2 aromatic rings. The summed E-state index contributed by atoms with van der Waals surface area (Å²) in [6, 6.07) is 7.94. The molecule has 0 unspecified atom stereocenters. The van der Waals surface area contributed by atoms with E-state index in [9.17, 15) is 4.39 Å². The maximum Gasteiger partial charge on any atom is 0.167 e. The summed E-state index contributed by atoms with van der Waals surface area (Å²) in [5, 5.41) is 0. The van der Waals surface area contributed by atoms with Crippen molar-refractivity contribution < 1.29 is 4.39 Å². The van der Waals surface area contributed by atoms with Crippen LogP contribution in [0.4, 0.5) is 4.39 Å². The van der Waals surface area contributed by atoms with Crippen molar-refractivity contribution in [2.75, 3.05) is 0 Å². The Kier molecular flexibility index (Phi) is 3.44. The molecule has 0 saturated heterocycles. The molecule has 4 heteroatoms. The molecule has 2 rings (SSSR count). The van der Waals surface area contributed by atoms with Crippen molar-refractivity contribution in [1.29, 1.82) is 0 Å². The first-order valence-corrected chi connectivity index (χ1v) is 5.44. The molecule has 0 saturated carbocycles. The van der Waals surface area contributed by atoms with E-state index < -0.39 is 5.82 Å². The van der Waals surface area contributed by atoms with E-state index in [4.69, 9.17) is 5.73 Å². The molecule has 0 aliphatic rings. The summed E-state index contributed by atoms with van der Waals surface area (Å²) in [4.78, 5) is 7.76. The Labute approximate surface area is 99.5 Å². The highest BCUT2D eigenvalue weighted by atomic mass is 19.1. The number of hydrogen-bond donors (Lipinski definition) is 1. The van der Waals surface area contributed by atoms with E-state index in [0.29, 0.717) is 12.1 Å². The molecule has 1 heterocycles. The van der Waals surface area contributed by atoms with Gasteiger partial charge in [-0.05, 0) is 12.5 Å². The molecule has 0 atom stereocenters. The first-order valence-electron chi connectivity index (χ1n) is 5.44. The van der Waals surface area contributed by atoms with Gasteiger partial charge in [0.15, 0.2) is 5.82 Å². The largest absolute Gasteiger partial charge is 0.325 e. The van der Waals surface area contributed by atoms with Gasteiger partial charge in [0.25, 0.3) is 0 Å². The first-order chi connectivity index (χ1) is 8.20. The van der Waals surface area contributed by atoms with Crippen LogP contribution in [0.1, 0.15) is 22.5 Å². The lowest BCUT2D eigenvalue weighted by Gasteiger charge is -2.05. The average Bonchev–Trinajstić information content (AvgIpc) is 2.35. The smallest absolute Gasteiger partial charge is 0.167 e. The van der Waals surface area contributed by atoms with Gasteiger partial charge in [-0.3, -0.25) is 0 Å². The zero-order valence-electron chi connectivity index (χ0n) is 9.65. The fourth-order valence-electron chi connectivity index (χ4n) is 1.61. The Morgan fingerprint density at radius 2 is 1.76 bits per heavy atom. The summed E-state index contributed by atoms with van der Waals surface area (Å²) in [6.07, 6.45) is 1.82. The maximum absolute atomic E-state index is 13.8. The molecule has 0 bridgehead atoms. The summed E-state index contributed by atoms with van der Waals surface area (Å²) in [7, 11) is 0. The summed E-state index contributed by atoms with van der Waals surface area (Å²) in [5.41, 5.74) is 8.27. The van der Waals surface area contributed by atoms with Gasteiger partial charge >= 0.3 is 0 Å². The highest BCUT2D eigenvalue weighted by Gasteiger charge is 2.10. The summed E-state index contributed by atoms with van der Waals surface area (Å²) in [6.45, 7) is 2.11. The minimum atomic E-state index is -0.393. The van der Waals surface area contributed by atoms with Gasteiger partial charge in [0.2, 0.25) is 0 Å². The van der Waals surface area contributed by atoms with Crippen molar-refractivity contribution in [2.45, 2.75) is 19.9 Å². The number of aromatic nitrogens is 2. The van der Waals surface area contributed by atoms with Gasteiger partial charge in [0.1, 0.15) is 6.33 Å². The van der Waals surface area contributed by atoms with Gasteiger partial charge < -0.3 is 5.73 Å². The van der Waals surface area contributed by atoms with Crippen LogP contribution in [-0.4, -0.2) is 9.97 Å². The number of rotatable bonds is 3. The van der Waals surface area contributed by atoms with E-state index in [2.05, 4.69) is 9.97 Å². The van der Waals surface area contributed by atoms with Gasteiger partial charge in [-0.15, -0.1) is 0 Å². The topological polar surface area (TPSA) is 51.8 Å². The van der Waals surface area contributed by atoms with Gasteiger partial charge in [-0.2, -0.15) is 0 Å². The fourth-order valence-corrected chi connectivity index (χ4v) is 1.61. The maximum atomic E-state index is 13.8. The van der Waals surface area contributed by atoms with Crippen LogP contribution >= 0.6 is 0 Å². The Bertz CT molecular complexity index is 509. The van der Waals surface area contributed by atoms with Crippen molar-refractivity contribution in [1.82, 2.24) is 9.97 Å². The Morgan fingerprint density at radius 3 is 2.41 bits per heavy atom. The van der Waals surface area contributed by atoms with Crippen LogP contribution in [-0.2, 0) is 13.0 Å². The molecule has 0 radical (unpaired) electrons. The number of benzene rings is 1. The van der Waals surface area contributed by atoms with E-state index in [1.54, 1.807) is 0 Å². The molecule has 0 aliphatic heterocycles. The van der Waals surface area contributed by atoms with Crippen LogP contribution in [0.2, 0.25) is 0 Å².